The predicted octanol–water partition coefficient (Wildman–Crippen LogP) is 4.75. The molecule has 108 valence electrons. The maximum Gasteiger partial charge on any atom is 0.104 e. The monoisotopic (exact) mass is 282 g/mol. The third-order valence-corrected chi connectivity index (χ3v) is 3.83. The lowest BCUT2D eigenvalue weighted by atomic mass is 10.1. The van der Waals surface area contributed by atoms with Crippen LogP contribution in [0.2, 0.25) is 0 Å². The summed E-state index contributed by atoms with van der Waals surface area (Å²) >= 11 is 1.48. The molecule has 3 heteroatoms. The molecule has 0 aliphatic heterocycles. The van der Waals surface area contributed by atoms with Crippen molar-refractivity contribution in [2.45, 2.75) is 51.6 Å². The molecule has 0 saturated heterocycles. The summed E-state index contributed by atoms with van der Waals surface area (Å²) in [5, 5.41) is 9.88. The van der Waals surface area contributed by atoms with Crippen LogP contribution in [0.4, 0.5) is 0 Å². The first-order chi connectivity index (χ1) is 9.34. The minimum atomic E-state index is -0.516. The van der Waals surface area contributed by atoms with Crippen molar-refractivity contribution in [2.75, 3.05) is 12.4 Å². The third kappa shape index (κ3) is 8.30. The van der Waals surface area contributed by atoms with E-state index < -0.39 is 6.10 Å². The van der Waals surface area contributed by atoms with Gasteiger partial charge in [-0.15, -0.1) is 0 Å². The van der Waals surface area contributed by atoms with Crippen LogP contribution < -0.4 is 0 Å². The van der Waals surface area contributed by atoms with Gasteiger partial charge in [0.2, 0.25) is 0 Å². The van der Waals surface area contributed by atoms with E-state index in [4.69, 9.17) is 4.18 Å². The van der Waals surface area contributed by atoms with Crippen LogP contribution in [0.3, 0.4) is 0 Å². The second-order valence-corrected chi connectivity index (χ2v) is 5.68. The number of benzene rings is 1. The van der Waals surface area contributed by atoms with Gasteiger partial charge in [-0.25, -0.2) is 0 Å². The van der Waals surface area contributed by atoms with Gasteiger partial charge in [0.05, 0.1) is 6.61 Å². The lowest BCUT2D eigenvalue weighted by Crippen LogP contribution is -2.04. The van der Waals surface area contributed by atoms with Gasteiger partial charge in [0.25, 0.3) is 0 Å². The van der Waals surface area contributed by atoms with Gasteiger partial charge in [-0.1, -0.05) is 69.4 Å². The molecule has 1 N–H and O–H groups in total. The molecule has 1 unspecified atom stereocenters. The summed E-state index contributed by atoms with van der Waals surface area (Å²) in [5.74, 6) is 1.02. The topological polar surface area (TPSA) is 29.5 Å². The number of rotatable bonds is 11. The van der Waals surface area contributed by atoms with Crippen LogP contribution in [0.25, 0.3) is 0 Å². The van der Waals surface area contributed by atoms with Crippen LogP contribution in [0.15, 0.2) is 30.3 Å². The van der Waals surface area contributed by atoms with Crippen molar-refractivity contribution in [1.29, 1.82) is 0 Å². The maximum absolute atomic E-state index is 9.88. The van der Waals surface area contributed by atoms with E-state index in [-0.39, 0.29) is 0 Å². The summed E-state index contributed by atoms with van der Waals surface area (Å²) in [7, 11) is 0. The van der Waals surface area contributed by atoms with Crippen molar-refractivity contribution in [3.63, 3.8) is 0 Å². The van der Waals surface area contributed by atoms with E-state index in [0.717, 1.165) is 11.3 Å². The molecule has 1 rings (SSSR count). The smallest absolute Gasteiger partial charge is 0.104 e. The highest BCUT2D eigenvalue weighted by atomic mass is 32.2. The van der Waals surface area contributed by atoms with E-state index in [2.05, 4.69) is 6.92 Å². The zero-order valence-corrected chi connectivity index (χ0v) is 12.7. The molecule has 1 aromatic rings. The lowest BCUT2D eigenvalue weighted by molar-refractivity contribution is 0.120. The van der Waals surface area contributed by atoms with Crippen molar-refractivity contribution in [3.05, 3.63) is 35.9 Å². The van der Waals surface area contributed by atoms with Crippen molar-refractivity contribution in [3.8, 4) is 0 Å². The van der Waals surface area contributed by atoms with Gasteiger partial charge < -0.3 is 9.29 Å². The van der Waals surface area contributed by atoms with Gasteiger partial charge in [-0.2, -0.15) is 0 Å². The fraction of sp³-hybridized carbons (Fsp3) is 0.625. The maximum atomic E-state index is 9.88. The second-order valence-electron chi connectivity index (χ2n) is 4.80. The lowest BCUT2D eigenvalue weighted by Gasteiger charge is -2.10. The first-order valence-electron chi connectivity index (χ1n) is 7.32. The fourth-order valence-corrected chi connectivity index (χ4v) is 2.55. The number of unbranched alkanes of at least 4 members (excludes halogenated alkanes) is 5. The quantitative estimate of drug-likeness (QED) is 0.469. The Bertz CT molecular complexity index is 303. The molecule has 0 radical (unpaired) electrons. The Hall–Kier alpha value is -0.510. The Morgan fingerprint density at radius 1 is 1.05 bits per heavy atom. The van der Waals surface area contributed by atoms with Gasteiger partial charge >= 0.3 is 0 Å². The van der Waals surface area contributed by atoms with Crippen LogP contribution in [0, 0.1) is 0 Å². The first kappa shape index (κ1) is 16.5. The Kier molecular flexibility index (Phi) is 9.86. The largest absolute Gasteiger partial charge is 0.386 e. The summed E-state index contributed by atoms with van der Waals surface area (Å²) in [4.78, 5) is 0. The summed E-state index contributed by atoms with van der Waals surface area (Å²) in [6.07, 6.45) is 7.32. The van der Waals surface area contributed by atoms with Gasteiger partial charge in [0.15, 0.2) is 0 Å². The molecule has 0 aliphatic carbocycles. The van der Waals surface area contributed by atoms with Gasteiger partial charge in [0.1, 0.15) is 6.10 Å². The van der Waals surface area contributed by atoms with Crippen molar-refractivity contribution >= 4 is 12.0 Å². The molecule has 0 aromatic heterocycles. The van der Waals surface area contributed by atoms with E-state index >= 15 is 0 Å². The van der Waals surface area contributed by atoms with E-state index in [1.807, 2.05) is 30.3 Å². The van der Waals surface area contributed by atoms with E-state index in [1.54, 1.807) is 0 Å². The molecule has 0 spiro atoms. The Labute approximate surface area is 121 Å². The highest BCUT2D eigenvalue weighted by Crippen LogP contribution is 2.16. The molecule has 1 atom stereocenters. The number of aliphatic hydroxyl groups excluding tert-OH is 1. The average Bonchev–Trinajstić information content (AvgIpc) is 2.46. The zero-order chi connectivity index (χ0) is 13.8. The van der Waals surface area contributed by atoms with Crippen LogP contribution >= 0.6 is 12.0 Å². The molecule has 2 nitrogen and oxygen atoms in total. The van der Waals surface area contributed by atoms with Crippen molar-refractivity contribution < 1.29 is 9.29 Å². The number of hydrogen-bond acceptors (Lipinski definition) is 3. The van der Waals surface area contributed by atoms with Crippen molar-refractivity contribution in [2.24, 2.45) is 0 Å². The second kappa shape index (κ2) is 11.3. The molecule has 0 saturated carbocycles. The predicted molar refractivity (Wildman–Crippen MR) is 83.2 cm³/mol. The Morgan fingerprint density at radius 3 is 2.47 bits per heavy atom. The van der Waals surface area contributed by atoms with Crippen LogP contribution in [-0.2, 0) is 4.18 Å². The summed E-state index contributed by atoms with van der Waals surface area (Å²) in [6, 6.07) is 9.66. The van der Waals surface area contributed by atoms with Crippen LogP contribution in [0.5, 0.6) is 0 Å². The minimum absolute atomic E-state index is 0.366. The molecule has 0 heterocycles. The minimum Gasteiger partial charge on any atom is -0.386 e. The SMILES string of the molecule is CCCCCCCCSOCC(O)c1ccccc1. The van der Waals surface area contributed by atoms with Gasteiger partial charge in [0, 0.05) is 5.75 Å². The van der Waals surface area contributed by atoms with E-state index in [0.29, 0.717) is 6.61 Å². The summed E-state index contributed by atoms with van der Waals surface area (Å²) in [5.41, 5.74) is 0.919. The highest BCUT2D eigenvalue weighted by Gasteiger charge is 2.06. The Balaban J connectivity index is 1.93. The zero-order valence-electron chi connectivity index (χ0n) is 11.9. The van der Waals surface area contributed by atoms with E-state index in [9.17, 15) is 5.11 Å². The first-order valence-corrected chi connectivity index (χ1v) is 8.23. The molecule has 0 fully saturated rings. The molecule has 19 heavy (non-hydrogen) atoms. The third-order valence-electron chi connectivity index (χ3n) is 3.07. The standard InChI is InChI=1S/C16H26O2S/c1-2-3-4-5-6-10-13-19-18-14-16(17)15-11-8-7-9-12-15/h7-9,11-12,16-17H,2-6,10,13-14H2,1H3. The van der Waals surface area contributed by atoms with Crippen molar-refractivity contribution in [1.82, 2.24) is 0 Å². The Morgan fingerprint density at radius 2 is 1.74 bits per heavy atom. The molecule has 0 aliphatic rings. The summed E-state index contributed by atoms with van der Waals surface area (Å²) < 4.78 is 5.44. The normalized spacial score (nSPS) is 12.5. The van der Waals surface area contributed by atoms with Gasteiger partial charge in [-0.05, 0) is 24.0 Å². The highest BCUT2D eigenvalue weighted by molar-refractivity contribution is 7.94. The molecule has 0 amide bonds. The van der Waals surface area contributed by atoms with Crippen LogP contribution in [0.1, 0.15) is 57.1 Å². The molecule has 1 aromatic carbocycles. The molecular formula is C16H26O2S. The van der Waals surface area contributed by atoms with E-state index in [1.165, 1.54) is 50.6 Å². The average molecular weight is 282 g/mol. The van der Waals surface area contributed by atoms with Crippen LogP contribution in [-0.4, -0.2) is 17.5 Å². The number of hydrogen-bond donors (Lipinski definition) is 1. The van der Waals surface area contributed by atoms with Gasteiger partial charge in [-0.3, -0.25) is 0 Å². The molecule has 0 bridgehead atoms. The molecular weight excluding hydrogens is 256 g/mol. The fourth-order valence-electron chi connectivity index (χ4n) is 1.88. The summed E-state index contributed by atoms with van der Waals surface area (Å²) in [6.45, 7) is 2.60. The number of aliphatic hydroxyl groups is 1.